The van der Waals surface area contributed by atoms with E-state index in [1.807, 2.05) is 24.3 Å². The molecule has 0 amide bonds. The van der Waals surface area contributed by atoms with Crippen molar-refractivity contribution in [2.24, 2.45) is 5.73 Å². The summed E-state index contributed by atoms with van der Waals surface area (Å²) < 4.78 is 7.21. The lowest BCUT2D eigenvalue weighted by atomic mass is 9.87. The van der Waals surface area contributed by atoms with Crippen molar-refractivity contribution in [3.63, 3.8) is 0 Å². The summed E-state index contributed by atoms with van der Waals surface area (Å²) in [5.74, 6) is 1.24. The molecular weight excluding hydrogens is 314 g/mol. The largest absolute Gasteiger partial charge is 0.489 e. The Morgan fingerprint density at radius 2 is 1.95 bits per heavy atom. The molecule has 2 N–H and O–H groups in total. The second-order valence-corrected chi connectivity index (χ2v) is 6.30. The lowest BCUT2D eigenvalue weighted by Crippen LogP contribution is -2.33. The molecule has 3 heteroatoms. The normalized spacial score (nSPS) is 22.8. The molecule has 0 fully saturated rings. The third-order valence-corrected chi connectivity index (χ3v) is 4.52. The summed E-state index contributed by atoms with van der Waals surface area (Å²) >= 11 is 3.49. The number of ether oxygens (including phenoxy) is 1. The number of hydrogen-bond acceptors (Lipinski definition) is 2. The van der Waals surface area contributed by atoms with Gasteiger partial charge in [0.2, 0.25) is 0 Å². The number of nitrogens with two attached hydrogens (primary N) is 1. The van der Waals surface area contributed by atoms with Crippen LogP contribution in [0.15, 0.2) is 53.0 Å². The van der Waals surface area contributed by atoms with Crippen LogP contribution >= 0.6 is 15.9 Å². The van der Waals surface area contributed by atoms with Gasteiger partial charge in [0.15, 0.2) is 0 Å². The smallest absolute Gasteiger partial charge is 0.125 e. The zero-order valence-electron chi connectivity index (χ0n) is 11.4. The molecule has 0 spiro atoms. The van der Waals surface area contributed by atoms with Gasteiger partial charge in [0.05, 0.1) is 0 Å². The Bertz CT molecular complexity index is 599. The topological polar surface area (TPSA) is 35.2 Å². The van der Waals surface area contributed by atoms with Gasteiger partial charge in [0.25, 0.3) is 0 Å². The molecule has 3 rings (SSSR count). The molecule has 0 saturated carbocycles. The number of fused-ring (bicyclic) bond motifs is 1. The van der Waals surface area contributed by atoms with Gasteiger partial charge in [-0.3, -0.25) is 0 Å². The minimum Gasteiger partial charge on any atom is -0.489 e. The summed E-state index contributed by atoms with van der Waals surface area (Å²) in [6, 6.07) is 16.6. The molecule has 0 saturated heterocycles. The van der Waals surface area contributed by atoms with Crippen LogP contribution in [0.3, 0.4) is 0 Å². The van der Waals surface area contributed by atoms with Gasteiger partial charge in [0, 0.05) is 28.4 Å². The Balaban J connectivity index is 1.87. The van der Waals surface area contributed by atoms with Crippen LogP contribution in [-0.4, -0.2) is 6.10 Å². The first kappa shape index (κ1) is 13.7. The van der Waals surface area contributed by atoms with Gasteiger partial charge in [-0.15, -0.1) is 0 Å². The van der Waals surface area contributed by atoms with Gasteiger partial charge in [-0.25, -0.2) is 0 Å². The van der Waals surface area contributed by atoms with E-state index in [0.29, 0.717) is 5.92 Å². The fourth-order valence-electron chi connectivity index (χ4n) is 2.78. The Kier molecular flexibility index (Phi) is 3.81. The highest BCUT2D eigenvalue weighted by molar-refractivity contribution is 9.10. The van der Waals surface area contributed by atoms with Crippen LogP contribution in [0.4, 0.5) is 0 Å². The second-order valence-electron chi connectivity index (χ2n) is 5.38. The summed E-state index contributed by atoms with van der Waals surface area (Å²) in [6.45, 7) is 2.20. The maximum Gasteiger partial charge on any atom is 0.125 e. The molecule has 2 aromatic carbocycles. The van der Waals surface area contributed by atoms with Gasteiger partial charge < -0.3 is 10.5 Å². The monoisotopic (exact) mass is 331 g/mol. The highest BCUT2D eigenvalue weighted by Gasteiger charge is 2.30. The fraction of sp³-hybridized carbons (Fsp3) is 0.294. The average Bonchev–Trinajstić information content (AvgIpc) is 2.46. The SMILES string of the molecule is CC(c1ccccc1)C1C[C@@H](N)c2ccc(Br)cc2O1. The molecule has 1 aliphatic heterocycles. The van der Waals surface area contributed by atoms with Crippen LogP contribution in [0.2, 0.25) is 0 Å². The van der Waals surface area contributed by atoms with Crippen LogP contribution < -0.4 is 10.5 Å². The zero-order chi connectivity index (χ0) is 14.1. The lowest BCUT2D eigenvalue weighted by Gasteiger charge is -2.34. The molecule has 0 bridgehead atoms. The Morgan fingerprint density at radius 1 is 1.20 bits per heavy atom. The van der Waals surface area contributed by atoms with E-state index in [2.05, 4.69) is 47.1 Å². The molecule has 1 aliphatic rings. The van der Waals surface area contributed by atoms with E-state index >= 15 is 0 Å². The number of halogens is 1. The minimum atomic E-state index is 0.0445. The summed E-state index contributed by atoms with van der Waals surface area (Å²) in [7, 11) is 0. The predicted octanol–water partition coefficient (Wildman–Crippen LogP) is 4.40. The highest BCUT2D eigenvalue weighted by atomic mass is 79.9. The summed E-state index contributed by atoms with van der Waals surface area (Å²) in [5, 5.41) is 0. The highest BCUT2D eigenvalue weighted by Crippen LogP contribution is 2.39. The standard InChI is InChI=1S/C17H18BrNO/c1-11(12-5-3-2-4-6-12)16-10-15(19)14-8-7-13(18)9-17(14)20-16/h2-9,11,15-16H,10,19H2,1H3/t11?,15-,16?/m1/s1. The van der Waals surface area contributed by atoms with Gasteiger partial charge in [0.1, 0.15) is 11.9 Å². The third kappa shape index (κ3) is 2.60. The first-order valence-electron chi connectivity index (χ1n) is 6.92. The first-order valence-corrected chi connectivity index (χ1v) is 7.71. The van der Waals surface area contributed by atoms with Gasteiger partial charge in [-0.05, 0) is 17.7 Å². The molecule has 104 valence electrons. The van der Waals surface area contributed by atoms with Crippen molar-refractivity contribution >= 4 is 15.9 Å². The van der Waals surface area contributed by atoms with Crippen molar-refractivity contribution in [2.75, 3.05) is 0 Å². The summed E-state index contributed by atoms with van der Waals surface area (Å²) in [4.78, 5) is 0. The van der Waals surface area contributed by atoms with Crippen LogP contribution in [-0.2, 0) is 0 Å². The molecular formula is C17H18BrNO. The van der Waals surface area contributed by atoms with Crippen molar-refractivity contribution in [1.82, 2.24) is 0 Å². The van der Waals surface area contributed by atoms with E-state index in [1.54, 1.807) is 0 Å². The number of rotatable bonds is 2. The van der Waals surface area contributed by atoms with Gasteiger partial charge in [-0.2, -0.15) is 0 Å². The fourth-order valence-corrected chi connectivity index (χ4v) is 3.12. The Hall–Kier alpha value is -1.32. The number of benzene rings is 2. The van der Waals surface area contributed by atoms with Gasteiger partial charge >= 0.3 is 0 Å². The Labute approximate surface area is 128 Å². The molecule has 0 radical (unpaired) electrons. The lowest BCUT2D eigenvalue weighted by molar-refractivity contribution is 0.136. The van der Waals surface area contributed by atoms with E-state index in [1.165, 1.54) is 5.56 Å². The third-order valence-electron chi connectivity index (χ3n) is 4.02. The van der Waals surface area contributed by atoms with Gasteiger partial charge in [-0.1, -0.05) is 59.3 Å². The maximum absolute atomic E-state index is 6.31. The quantitative estimate of drug-likeness (QED) is 0.884. The molecule has 1 heterocycles. The molecule has 2 nitrogen and oxygen atoms in total. The van der Waals surface area contributed by atoms with Crippen molar-refractivity contribution in [3.05, 3.63) is 64.1 Å². The predicted molar refractivity (Wildman–Crippen MR) is 85.0 cm³/mol. The molecule has 20 heavy (non-hydrogen) atoms. The number of hydrogen-bond donors (Lipinski definition) is 1. The summed E-state index contributed by atoms with van der Waals surface area (Å²) in [6.07, 6.45) is 0.972. The van der Waals surface area contributed by atoms with Crippen molar-refractivity contribution < 1.29 is 4.74 Å². The molecule has 2 unspecified atom stereocenters. The summed E-state index contributed by atoms with van der Waals surface area (Å²) in [5.41, 5.74) is 8.70. The van der Waals surface area contributed by atoms with Crippen molar-refractivity contribution in [3.8, 4) is 5.75 Å². The van der Waals surface area contributed by atoms with E-state index in [9.17, 15) is 0 Å². The molecule has 0 aromatic heterocycles. The second kappa shape index (κ2) is 5.58. The molecule has 2 aromatic rings. The van der Waals surface area contributed by atoms with Crippen LogP contribution in [0.1, 0.15) is 36.4 Å². The van der Waals surface area contributed by atoms with E-state index in [-0.39, 0.29) is 12.1 Å². The van der Waals surface area contributed by atoms with Crippen LogP contribution in [0.5, 0.6) is 5.75 Å². The zero-order valence-corrected chi connectivity index (χ0v) is 13.0. The van der Waals surface area contributed by atoms with E-state index < -0.39 is 0 Å². The maximum atomic E-state index is 6.31. The molecule has 0 aliphatic carbocycles. The van der Waals surface area contributed by atoms with Crippen molar-refractivity contribution in [1.29, 1.82) is 0 Å². The minimum absolute atomic E-state index is 0.0445. The molecule has 3 atom stereocenters. The van der Waals surface area contributed by atoms with E-state index in [0.717, 1.165) is 22.2 Å². The average molecular weight is 332 g/mol. The Morgan fingerprint density at radius 3 is 2.70 bits per heavy atom. The van der Waals surface area contributed by atoms with Crippen LogP contribution in [0.25, 0.3) is 0 Å². The van der Waals surface area contributed by atoms with Crippen LogP contribution in [0, 0.1) is 0 Å². The first-order chi connectivity index (χ1) is 9.65. The van der Waals surface area contributed by atoms with E-state index in [4.69, 9.17) is 10.5 Å². The van der Waals surface area contributed by atoms with Crippen molar-refractivity contribution in [2.45, 2.75) is 31.4 Å².